The molecule has 4 nitrogen and oxygen atoms in total. The molecule has 0 amide bonds. The molecule has 3 aromatic heterocycles. The highest BCUT2D eigenvalue weighted by atomic mass is 16.3. The molecule has 6 aromatic rings. The van der Waals surface area contributed by atoms with E-state index in [1.807, 2.05) is 0 Å². The van der Waals surface area contributed by atoms with Crippen molar-refractivity contribution in [1.29, 1.82) is 0 Å². The predicted octanol–water partition coefficient (Wildman–Crippen LogP) is 9.70. The van der Waals surface area contributed by atoms with Gasteiger partial charge >= 0.3 is 0 Å². The first-order valence-corrected chi connectivity index (χ1v) is 16.0. The maximum Gasteiger partial charge on any atom is 0.227 e. The Hall–Kier alpha value is -4.96. The van der Waals surface area contributed by atoms with Gasteiger partial charge in [0.25, 0.3) is 0 Å². The third kappa shape index (κ3) is 4.27. The van der Waals surface area contributed by atoms with E-state index in [2.05, 4.69) is 141 Å². The second kappa shape index (κ2) is 10.6. The Morgan fingerprint density at radius 3 is 2.49 bits per heavy atom. The molecule has 2 atom stereocenters. The van der Waals surface area contributed by atoms with Crippen LogP contribution in [0.25, 0.3) is 50.3 Å². The van der Waals surface area contributed by atoms with Crippen LogP contribution in [0.3, 0.4) is 0 Å². The Bertz CT molecular complexity index is 2160. The van der Waals surface area contributed by atoms with Crippen molar-refractivity contribution < 1.29 is 8.98 Å². The number of benzene rings is 3. The third-order valence-electron chi connectivity index (χ3n) is 10.2. The SMILES string of the molecule is C=C1CC2c3ccccc3-c3cccc[n+]3C2CCc2ccc3c(oc4nc(-c5c(C)cccc5C)ccc43)c2/C(=C/C)N1C. The van der Waals surface area contributed by atoms with Crippen LogP contribution in [0.1, 0.15) is 59.5 Å². The molecule has 2 aliphatic rings. The van der Waals surface area contributed by atoms with E-state index in [1.54, 1.807) is 0 Å². The third-order valence-corrected chi connectivity index (χ3v) is 10.2. The van der Waals surface area contributed by atoms with Crippen LogP contribution in [-0.4, -0.2) is 16.9 Å². The first-order chi connectivity index (χ1) is 21.9. The zero-order valence-electron chi connectivity index (χ0n) is 26.5. The molecule has 5 heterocycles. The Morgan fingerprint density at radius 1 is 0.889 bits per heavy atom. The van der Waals surface area contributed by atoms with Crippen molar-refractivity contribution in [1.82, 2.24) is 9.88 Å². The molecule has 0 bridgehead atoms. The van der Waals surface area contributed by atoms with Crippen LogP contribution in [0.2, 0.25) is 0 Å². The number of allylic oxidation sites excluding steroid dienone is 2. The molecule has 2 aliphatic heterocycles. The molecule has 222 valence electrons. The maximum atomic E-state index is 6.77. The summed E-state index contributed by atoms with van der Waals surface area (Å²) in [6.45, 7) is 11.1. The zero-order chi connectivity index (χ0) is 30.8. The van der Waals surface area contributed by atoms with E-state index in [9.17, 15) is 0 Å². The minimum atomic E-state index is 0.314. The number of aryl methyl sites for hydroxylation is 3. The van der Waals surface area contributed by atoms with Gasteiger partial charge in [0.1, 0.15) is 5.58 Å². The second-order valence-electron chi connectivity index (χ2n) is 12.7. The van der Waals surface area contributed by atoms with Gasteiger partial charge in [0, 0.05) is 70.9 Å². The Balaban J connectivity index is 1.30. The molecule has 0 radical (unpaired) electrons. The molecule has 0 saturated carbocycles. The number of nitrogens with zero attached hydrogens (tertiary/aromatic N) is 3. The number of aromatic nitrogens is 2. The number of fused-ring (bicyclic) bond motifs is 11. The van der Waals surface area contributed by atoms with Crippen molar-refractivity contribution in [3.63, 3.8) is 0 Å². The summed E-state index contributed by atoms with van der Waals surface area (Å²) in [6.07, 6.45) is 7.31. The maximum absolute atomic E-state index is 6.77. The first-order valence-electron chi connectivity index (χ1n) is 16.0. The normalized spacial score (nSPS) is 18.9. The van der Waals surface area contributed by atoms with Crippen LogP contribution in [-0.2, 0) is 6.42 Å². The lowest BCUT2D eigenvalue weighted by molar-refractivity contribution is -0.718. The standard InChI is InChI=1S/C41H38N3O/c1-6-35-39-28(17-19-31-32-20-21-34(42-41(32)45-40(31)39)38-25(2)12-11-13-26(38)3)18-22-37-33(24-27(4)43(35)5)29-14-7-8-15-30(29)36-16-9-10-23-44(36)37/h6-17,19-21,23,33,37H,4,18,22,24H2,1-3,5H3/q+1/b35-6-. The number of furan rings is 1. The summed E-state index contributed by atoms with van der Waals surface area (Å²) in [7, 11) is 2.16. The van der Waals surface area contributed by atoms with Crippen LogP contribution < -0.4 is 4.57 Å². The topological polar surface area (TPSA) is 33.1 Å². The summed E-state index contributed by atoms with van der Waals surface area (Å²) in [5.41, 5.74) is 14.9. The molecule has 0 saturated heterocycles. The van der Waals surface area contributed by atoms with Gasteiger partial charge in [-0.2, -0.15) is 4.57 Å². The van der Waals surface area contributed by atoms with Gasteiger partial charge in [-0.05, 0) is 73.7 Å². The summed E-state index contributed by atoms with van der Waals surface area (Å²) in [6, 6.07) is 31.1. The minimum Gasteiger partial charge on any atom is -0.437 e. The minimum absolute atomic E-state index is 0.314. The average Bonchev–Trinajstić information content (AvgIpc) is 3.43. The molecule has 8 rings (SSSR count). The lowest BCUT2D eigenvalue weighted by Crippen LogP contribution is -2.48. The van der Waals surface area contributed by atoms with Crippen molar-refractivity contribution in [2.75, 3.05) is 7.05 Å². The van der Waals surface area contributed by atoms with E-state index in [1.165, 1.54) is 39.1 Å². The van der Waals surface area contributed by atoms with Crippen LogP contribution >= 0.6 is 0 Å². The van der Waals surface area contributed by atoms with Gasteiger partial charge in [-0.25, -0.2) is 4.98 Å². The highest BCUT2D eigenvalue weighted by molar-refractivity contribution is 6.08. The van der Waals surface area contributed by atoms with E-state index < -0.39 is 0 Å². The summed E-state index contributed by atoms with van der Waals surface area (Å²) < 4.78 is 9.28. The lowest BCUT2D eigenvalue weighted by atomic mass is 9.77. The van der Waals surface area contributed by atoms with E-state index in [-0.39, 0.29) is 0 Å². The van der Waals surface area contributed by atoms with Crippen molar-refractivity contribution in [3.8, 4) is 22.5 Å². The van der Waals surface area contributed by atoms with Gasteiger partial charge in [0.2, 0.25) is 11.4 Å². The van der Waals surface area contributed by atoms with Crippen LogP contribution in [0.5, 0.6) is 0 Å². The highest BCUT2D eigenvalue weighted by Crippen LogP contribution is 2.46. The molecule has 2 unspecified atom stereocenters. The summed E-state index contributed by atoms with van der Waals surface area (Å²) in [5, 5.41) is 2.15. The van der Waals surface area contributed by atoms with Gasteiger partial charge in [-0.3, -0.25) is 0 Å². The quantitative estimate of drug-likeness (QED) is 0.179. The van der Waals surface area contributed by atoms with E-state index in [0.717, 1.165) is 58.3 Å². The molecule has 4 heteroatoms. The van der Waals surface area contributed by atoms with Gasteiger partial charge in [-0.1, -0.05) is 61.2 Å². The summed E-state index contributed by atoms with van der Waals surface area (Å²) in [5.74, 6) is 0.332. The second-order valence-corrected chi connectivity index (χ2v) is 12.7. The fraction of sp³-hybridized carbons (Fsp3) is 0.220. The Morgan fingerprint density at radius 2 is 1.67 bits per heavy atom. The molecule has 0 fully saturated rings. The van der Waals surface area contributed by atoms with Crippen molar-refractivity contribution in [3.05, 3.63) is 137 Å². The van der Waals surface area contributed by atoms with Crippen molar-refractivity contribution in [2.24, 2.45) is 0 Å². The Labute approximate surface area is 265 Å². The molecule has 0 spiro atoms. The smallest absolute Gasteiger partial charge is 0.227 e. The average molecular weight is 589 g/mol. The molecule has 0 N–H and O–H groups in total. The van der Waals surface area contributed by atoms with Gasteiger partial charge < -0.3 is 9.32 Å². The highest BCUT2D eigenvalue weighted by Gasteiger charge is 2.41. The van der Waals surface area contributed by atoms with Gasteiger partial charge in [-0.15, -0.1) is 0 Å². The molecule has 0 aliphatic carbocycles. The largest absolute Gasteiger partial charge is 0.437 e. The fourth-order valence-corrected chi connectivity index (χ4v) is 7.99. The van der Waals surface area contributed by atoms with E-state index in [4.69, 9.17) is 9.40 Å². The Kier molecular flexibility index (Phi) is 6.49. The molecule has 3 aromatic carbocycles. The van der Waals surface area contributed by atoms with Crippen LogP contribution in [0.15, 0.2) is 114 Å². The predicted molar refractivity (Wildman–Crippen MR) is 184 cm³/mol. The van der Waals surface area contributed by atoms with Gasteiger partial charge in [0.15, 0.2) is 12.2 Å². The van der Waals surface area contributed by atoms with Crippen LogP contribution in [0.4, 0.5) is 0 Å². The van der Waals surface area contributed by atoms with Crippen molar-refractivity contribution in [2.45, 2.75) is 52.0 Å². The number of hydrogen-bond donors (Lipinski definition) is 0. The molecule has 45 heavy (non-hydrogen) atoms. The zero-order valence-corrected chi connectivity index (χ0v) is 26.5. The number of pyridine rings is 2. The van der Waals surface area contributed by atoms with Crippen molar-refractivity contribution >= 4 is 27.8 Å². The lowest BCUT2D eigenvalue weighted by Gasteiger charge is -2.35. The summed E-state index contributed by atoms with van der Waals surface area (Å²) >= 11 is 0. The monoisotopic (exact) mass is 588 g/mol. The molecular weight excluding hydrogens is 550 g/mol. The number of hydrogen-bond acceptors (Lipinski definition) is 3. The summed E-state index contributed by atoms with van der Waals surface area (Å²) in [4.78, 5) is 7.38. The first kappa shape index (κ1) is 27.6. The number of rotatable bonds is 1. The fourth-order valence-electron chi connectivity index (χ4n) is 7.99. The van der Waals surface area contributed by atoms with E-state index >= 15 is 0 Å². The van der Waals surface area contributed by atoms with Gasteiger partial charge in [0.05, 0.1) is 11.6 Å². The van der Waals surface area contributed by atoms with E-state index in [0.29, 0.717) is 17.7 Å². The van der Waals surface area contributed by atoms with Crippen LogP contribution in [0, 0.1) is 13.8 Å². The molecular formula is C41H38N3O+.